The zero-order valence-electron chi connectivity index (χ0n) is 6.62. The average Bonchev–Trinajstić information content (AvgIpc) is 1.60. The lowest BCUT2D eigenvalue weighted by Gasteiger charge is -2.37. The highest BCUT2D eigenvalue weighted by Gasteiger charge is 2.11. The van der Waals surface area contributed by atoms with Gasteiger partial charge in [-0.2, -0.15) is 0 Å². The molecule has 0 heterocycles. The van der Waals surface area contributed by atoms with E-state index in [0.29, 0.717) is 3.89 Å². The fourth-order valence-corrected chi connectivity index (χ4v) is 2.40. The van der Waals surface area contributed by atoms with Crippen LogP contribution in [-0.2, 0) is 33.9 Å². The molecule has 0 atom stereocenters. The number of rotatable bonds is 0. The first-order chi connectivity index (χ1) is 4.39. The van der Waals surface area contributed by atoms with Crippen LogP contribution < -0.4 is 0 Å². The van der Waals surface area contributed by atoms with Crippen LogP contribution >= 0.6 is 0 Å². The van der Waals surface area contributed by atoms with Crippen molar-refractivity contribution in [3.05, 3.63) is 0 Å². The fraction of sp³-hybridized carbons (Fsp3) is 0.800. The molecule has 0 aromatic heterocycles. The van der Waals surface area contributed by atoms with E-state index < -0.39 is 0 Å². The van der Waals surface area contributed by atoms with E-state index >= 15 is 0 Å². The maximum atomic E-state index is 5.15. The molecule has 0 spiro atoms. The second kappa shape index (κ2) is 3.82. The highest BCUT2D eigenvalue weighted by Crippen LogP contribution is 1.95. The fourth-order valence-electron chi connectivity index (χ4n) is 0.646. The van der Waals surface area contributed by atoms with Gasteiger partial charge in [-0.25, -0.2) is 4.90 Å². The van der Waals surface area contributed by atoms with Crippen LogP contribution in [0.1, 0.15) is 0 Å². The van der Waals surface area contributed by atoms with Crippen molar-refractivity contribution in [2.24, 2.45) is 0 Å². The first kappa shape index (κ1) is 10.6. The summed E-state index contributed by atoms with van der Waals surface area (Å²) in [7, 11) is 9.01. The predicted molar refractivity (Wildman–Crippen MR) is 52.9 cm³/mol. The summed E-state index contributed by atoms with van der Waals surface area (Å²) < 4.78 is 0.376. The van der Waals surface area contributed by atoms with Crippen molar-refractivity contribution in [3.63, 3.8) is 0 Å². The van der Waals surface area contributed by atoms with Crippen LogP contribution in [0.5, 0.6) is 0 Å². The van der Waals surface area contributed by atoms with Crippen molar-refractivity contribution in [1.82, 2.24) is 4.90 Å². The molecule has 0 aromatic carbocycles. The Hall–Kier alpha value is 0.580. The quantitative estimate of drug-likeness (QED) is 0.298. The van der Waals surface area contributed by atoms with Gasteiger partial charge in [-0.1, -0.05) is 0 Å². The molecule has 0 aliphatic rings. The molecule has 0 aromatic rings. The zero-order chi connectivity index (χ0) is 8.36. The molecule has 5 heteroatoms. The maximum absolute atomic E-state index is 5.15. The maximum Gasteiger partial charge on any atom is 0.232 e. The second-order valence-electron chi connectivity index (χ2n) is 2.61. The minimum atomic E-state index is 0.376. The summed E-state index contributed by atoms with van der Waals surface area (Å²) in [4.78, 5) is 1.95. The lowest BCUT2D eigenvalue weighted by molar-refractivity contribution is -0.649. The third kappa shape index (κ3) is 3.12. The van der Waals surface area contributed by atoms with Gasteiger partial charge in [0.1, 0.15) is 0 Å². The van der Waals surface area contributed by atoms with Crippen LogP contribution in [0, 0.1) is 0 Å². The molecule has 10 heavy (non-hydrogen) atoms. The number of hydrogen-bond donors (Lipinski definition) is 0. The molecule has 0 amide bonds. The molecule has 0 aliphatic carbocycles. The van der Waals surface area contributed by atoms with Crippen LogP contribution in [0.25, 0.3) is 0 Å². The van der Waals surface area contributed by atoms with Crippen LogP contribution in [-0.4, -0.2) is 42.1 Å². The van der Waals surface area contributed by atoms with E-state index in [1.807, 2.05) is 33.1 Å². The predicted octanol–water partition coefficient (Wildman–Crippen LogP) is -0.282. The van der Waals surface area contributed by atoms with Crippen LogP contribution in [0.15, 0.2) is 0 Å². The highest BCUT2D eigenvalue weighted by atomic mass is 32.8. The third-order valence-electron chi connectivity index (χ3n) is 0.918. The van der Waals surface area contributed by atoms with Crippen LogP contribution in [0.4, 0.5) is 0 Å². The van der Waals surface area contributed by atoms with Crippen LogP contribution in [0.3, 0.4) is 0 Å². The number of nitrogens with zero attached hydrogens (tertiary/aromatic N) is 2. The van der Waals surface area contributed by atoms with E-state index in [2.05, 4.69) is 0 Å². The van der Waals surface area contributed by atoms with E-state index in [-0.39, 0.29) is 0 Å². The summed E-state index contributed by atoms with van der Waals surface area (Å²) in [5.41, 5.74) is 0. The average molecular weight is 196 g/mol. The van der Waals surface area contributed by atoms with Gasteiger partial charge in [0, 0.05) is 9.91 Å². The summed E-state index contributed by atoms with van der Waals surface area (Å²) in [6, 6.07) is 0. The minimum Gasteiger partial charge on any atom is -0.486 e. The Kier molecular flexibility index (Phi) is 4.05. The van der Waals surface area contributed by atoms with E-state index in [9.17, 15) is 0 Å². The Morgan fingerprint density at radius 2 is 1.90 bits per heavy atom. The van der Waals surface area contributed by atoms with Gasteiger partial charge < -0.3 is 16.7 Å². The SMILES string of the molecule is CN(C)C(=S=S)[N+](C)(C)[S-]. The summed E-state index contributed by atoms with van der Waals surface area (Å²) in [5.74, 6) is 0. The van der Waals surface area contributed by atoms with Crippen molar-refractivity contribution < 1.29 is 3.89 Å². The van der Waals surface area contributed by atoms with Crippen molar-refractivity contribution in [2.45, 2.75) is 0 Å². The van der Waals surface area contributed by atoms with Crippen molar-refractivity contribution in [3.8, 4) is 0 Å². The standard InChI is InChI=1S/C5H12N2S3/c1-6(2)5(10-9)7(3,4)8/h1-4H3. The summed E-state index contributed by atoms with van der Waals surface area (Å²) in [6.07, 6.45) is 0. The molecule has 0 saturated heterocycles. The van der Waals surface area contributed by atoms with E-state index in [4.69, 9.17) is 24.0 Å². The van der Waals surface area contributed by atoms with Gasteiger partial charge in [-0.3, -0.25) is 0 Å². The smallest absolute Gasteiger partial charge is 0.232 e. The molecule has 0 bridgehead atoms. The topological polar surface area (TPSA) is 3.24 Å². The Morgan fingerprint density at radius 3 is 1.90 bits per heavy atom. The lowest BCUT2D eigenvalue weighted by Crippen LogP contribution is -2.47. The Morgan fingerprint density at radius 1 is 1.50 bits per heavy atom. The first-order valence-electron chi connectivity index (χ1n) is 2.79. The largest absolute Gasteiger partial charge is 0.486 e. The molecule has 0 saturated carbocycles. The van der Waals surface area contributed by atoms with E-state index in [0.717, 1.165) is 5.11 Å². The van der Waals surface area contributed by atoms with Gasteiger partial charge >= 0.3 is 0 Å². The Labute approximate surface area is 76.2 Å². The van der Waals surface area contributed by atoms with Crippen molar-refractivity contribution in [2.75, 3.05) is 28.2 Å². The highest BCUT2D eigenvalue weighted by molar-refractivity contribution is 8.17. The third-order valence-corrected chi connectivity index (χ3v) is 2.62. The molecule has 0 N–H and O–H groups in total. The van der Waals surface area contributed by atoms with Gasteiger partial charge in [-0.05, 0) is 25.3 Å². The van der Waals surface area contributed by atoms with Crippen LogP contribution in [0.2, 0.25) is 0 Å². The molecular formula is C5H12N2S3. The Bertz CT molecular complexity index is 164. The summed E-state index contributed by atoms with van der Waals surface area (Å²) in [5, 5.41) is 0.991. The summed E-state index contributed by atoms with van der Waals surface area (Å²) in [6.45, 7) is 0. The molecule has 0 rings (SSSR count). The second-order valence-corrected chi connectivity index (χ2v) is 4.56. The zero-order valence-corrected chi connectivity index (χ0v) is 9.07. The molecule has 0 aliphatic heterocycles. The molecule has 2 nitrogen and oxygen atoms in total. The molecule has 0 fully saturated rings. The first-order valence-corrected chi connectivity index (χ1v) is 4.90. The van der Waals surface area contributed by atoms with Gasteiger partial charge in [0.15, 0.2) is 0 Å². The molecular weight excluding hydrogens is 184 g/mol. The van der Waals surface area contributed by atoms with Gasteiger partial charge in [-0.15, -0.1) is 0 Å². The van der Waals surface area contributed by atoms with Crippen molar-refractivity contribution in [1.29, 1.82) is 0 Å². The number of quaternary nitrogens is 1. The van der Waals surface area contributed by atoms with E-state index in [1.165, 1.54) is 9.91 Å². The van der Waals surface area contributed by atoms with Crippen molar-refractivity contribution >= 4 is 39.0 Å². The van der Waals surface area contributed by atoms with Gasteiger partial charge in [0.2, 0.25) is 5.11 Å². The minimum absolute atomic E-state index is 0.376. The normalized spacial score (nSPS) is 11.8. The molecule has 0 radical (unpaired) electrons. The number of hydrogen-bond acceptors (Lipinski definition) is 2. The molecule has 60 valence electrons. The monoisotopic (exact) mass is 196 g/mol. The lowest BCUT2D eigenvalue weighted by atomic mass is 10.8. The van der Waals surface area contributed by atoms with Gasteiger partial charge in [0.05, 0.1) is 14.1 Å². The summed E-state index contributed by atoms with van der Waals surface area (Å²) >= 11 is 10.0. The Balaban J connectivity index is 4.57. The van der Waals surface area contributed by atoms with E-state index in [1.54, 1.807) is 0 Å². The van der Waals surface area contributed by atoms with Gasteiger partial charge in [0.25, 0.3) is 0 Å². The molecule has 0 unspecified atom stereocenters.